The number of nitrogens with zero attached hydrogens (tertiary/aromatic N) is 3. The fourth-order valence-electron chi connectivity index (χ4n) is 4.23. The van der Waals surface area contributed by atoms with Crippen LogP contribution in [0.1, 0.15) is 52.4 Å². The smallest absolute Gasteiger partial charge is 0.325 e. The minimum atomic E-state index is -0.693. The zero-order valence-electron chi connectivity index (χ0n) is 15.4. The number of hydrogen-bond donors (Lipinski definition) is 1. The molecule has 1 saturated carbocycles. The highest BCUT2D eigenvalue weighted by Gasteiger charge is 2.51. The highest BCUT2D eigenvalue weighted by molar-refractivity contribution is 6.07. The summed E-state index contributed by atoms with van der Waals surface area (Å²) >= 11 is 0. The van der Waals surface area contributed by atoms with Gasteiger partial charge in [0.25, 0.3) is 5.91 Å². The molecule has 0 aromatic carbocycles. The Morgan fingerprint density at radius 2 is 1.72 bits per heavy atom. The van der Waals surface area contributed by atoms with Crippen LogP contribution in [0, 0.1) is 0 Å². The van der Waals surface area contributed by atoms with Gasteiger partial charge < -0.3 is 10.2 Å². The van der Waals surface area contributed by atoms with Crippen molar-refractivity contribution < 1.29 is 14.4 Å². The minimum absolute atomic E-state index is 0.0357. The maximum absolute atomic E-state index is 12.7. The first-order valence-corrected chi connectivity index (χ1v) is 9.59. The molecule has 1 N–H and O–H groups in total. The quantitative estimate of drug-likeness (QED) is 0.773. The molecule has 25 heavy (non-hydrogen) atoms. The van der Waals surface area contributed by atoms with Crippen molar-refractivity contribution in [2.75, 3.05) is 32.7 Å². The lowest BCUT2D eigenvalue weighted by molar-refractivity contribution is -0.135. The molecule has 0 atom stereocenters. The molecule has 3 fully saturated rings. The third-order valence-corrected chi connectivity index (χ3v) is 5.90. The molecular formula is C18H30N4O3. The van der Waals surface area contributed by atoms with Crippen molar-refractivity contribution in [3.05, 3.63) is 0 Å². The van der Waals surface area contributed by atoms with Crippen LogP contribution >= 0.6 is 0 Å². The van der Waals surface area contributed by atoms with Gasteiger partial charge in [-0.3, -0.25) is 19.4 Å². The van der Waals surface area contributed by atoms with Crippen molar-refractivity contribution in [3.63, 3.8) is 0 Å². The van der Waals surface area contributed by atoms with Crippen LogP contribution in [-0.4, -0.2) is 76.8 Å². The predicted octanol–water partition coefficient (Wildman–Crippen LogP) is 1.18. The number of rotatable bonds is 4. The van der Waals surface area contributed by atoms with Crippen LogP contribution in [0.25, 0.3) is 0 Å². The molecular weight excluding hydrogens is 320 g/mol. The van der Waals surface area contributed by atoms with Crippen molar-refractivity contribution in [3.8, 4) is 0 Å². The zero-order chi connectivity index (χ0) is 18.0. The molecule has 0 radical (unpaired) electrons. The largest absolute Gasteiger partial charge is 0.340 e. The van der Waals surface area contributed by atoms with Crippen molar-refractivity contribution >= 4 is 17.8 Å². The SMILES string of the molecule is CC(C)N1CCN(C(=O)CCN2C(=O)NC3(CCCCC3)C2=O)CC1. The van der Waals surface area contributed by atoms with E-state index in [2.05, 4.69) is 24.1 Å². The van der Waals surface area contributed by atoms with E-state index in [-0.39, 0.29) is 30.8 Å². The van der Waals surface area contributed by atoms with E-state index in [0.29, 0.717) is 6.04 Å². The van der Waals surface area contributed by atoms with E-state index in [1.54, 1.807) is 0 Å². The second-order valence-electron chi connectivity index (χ2n) is 7.79. The van der Waals surface area contributed by atoms with E-state index in [9.17, 15) is 14.4 Å². The minimum Gasteiger partial charge on any atom is -0.340 e. The van der Waals surface area contributed by atoms with Gasteiger partial charge in [-0.05, 0) is 26.7 Å². The average Bonchev–Trinajstić information content (AvgIpc) is 2.83. The van der Waals surface area contributed by atoms with Gasteiger partial charge in [0.2, 0.25) is 5.91 Å². The third-order valence-electron chi connectivity index (χ3n) is 5.90. The Balaban J connectivity index is 1.51. The van der Waals surface area contributed by atoms with E-state index in [4.69, 9.17) is 0 Å². The van der Waals surface area contributed by atoms with Gasteiger partial charge in [0.15, 0.2) is 0 Å². The molecule has 140 valence electrons. The molecule has 3 aliphatic rings. The molecule has 0 bridgehead atoms. The number of carbonyl (C=O) groups excluding carboxylic acids is 3. The number of piperazine rings is 1. The van der Waals surface area contributed by atoms with Gasteiger partial charge in [-0.25, -0.2) is 4.79 Å². The van der Waals surface area contributed by atoms with Crippen LogP contribution < -0.4 is 5.32 Å². The Labute approximate surface area is 149 Å². The van der Waals surface area contributed by atoms with Crippen LogP contribution in [0.2, 0.25) is 0 Å². The molecule has 2 aliphatic heterocycles. The van der Waals surface area contributed by atoms with E-state index in [1.165, 1.54) is 4.90 Å². The summed E-state index contributed by atoms with van der Waals surface area (Å²) in [6.07, 6.45) is 4.72. The molecule has 2 saturated heterocycles. The lowest BCUT2D eigenvalue weighted by Gasteiger charge is -2.37. The number of amides is 4. The van der Waals surface area contributed by atoms with Crippen LogP contribution in [0.3, 0.4) is 0 Å². The Kier molecular flexibility index (Phi) is 5.32. The molecule has 7 nitrogen and oxygen atoms in total. The topological polar surface area (TPSA) is 73.0 Å². The lowest BCUT2D eigenvalue weighted by atomic mass is 9.82. The first-order chi connectivity index (χ1) is 11.9. The Bertz CT molecular complexity index is 534. The Morgan fingerprint density at radius 3 is 2.32 bits per heavy atom. The highest BCUT2D eigenvalue weighted by atomic mass is 16.2. The second kappa shape index (κ2) is 7.32. The van der Waals surface area contributed by atoms with Crippen molar-refractivity contribution in [2.24, 2.45) is 0 Å². The van der Waals surface area contributed by atoms with Gasteiger partial charge in [-0.15, -0.1) is 0 Å². The van der Waals surface area contributed by atoms with E-state index >= 15 is 0 Å². The van der Waals surface area contributed by atoms with Crippen LogP contribution in [0.15, 0.2) is 0 Å². The molecule has 2 heterocycles. The van der Waals surface area contributed by atoms with Gasteiger partial charge in [0, 0.05) is 45.2 Å². The van der Waals surface area contributed by atoms with Crippen molar-refractivity contribution in [1.82, 2.24) is 20.0 Å². The first kappa shape index (κ1) is 18.2. The molecule has 0 aromatic rings. The normalized spacial score (nSPS) is 24.3. The molecule has 7 heteroatoms. The van der Waals surface area contributed by atoms with Crippen LogP contribution in [-0.2, 0) is 9.59 Å². The predicted molar refractivity (Wildman–Crippen MR) is 94.0 cm³/mol. The number of nitrogens with one attached hydrogen (secondary N) is 1. The zero-order valence-corrected chi connectivity index (χ0v) is 15.4. The summed E-state index contributed by atoms with van der Waals surface area (Å²) in [7, 11) is 0. The van der Waals surface area contributed by atoms with Crippen LogP contribution in [0.4, 0.5) is 4.79 Å². The average molecular weight is 350 g/mol. The molecule has 0 aromatic heterocycles. The lowest BCUT2D eigenvalue weighted by Crippen LogP contribution is -2.51. The molecule has 0 unspecified atom stereocenters. The Morgan fingerprint density at radius 1 is 1.08 bits per heavy atom. The second-order valence-corrected chi connectivity index (χ2v) is 7.79. The molecule has 3 rings (SSSR count). The van der Waals surface area contributed by atoms with Gasteiger partial charge in [-0.1, -0.05) is 19.3 Å². The molecule has 1 aliphatic carbocycles. The van der Waals surface area contributed by atoms with E-state index in [1.807, 2.05) is 4.90 Å². The van der Waals surface area contributed by atoms with Gasteiger partial charge >= 0.3 is 6.03 Å². The molecule has 1 spiro atoms. The number of hydrogen-bond acceptors (Lipinski definition) is 4. The maximum Gasteiger partial charge on any atom is 0.325 e. The summed E-state index contributed by atoms with van der Waals surface area (Å²) in [6, 6.07) is 0.166. The monoisotopic (exact) mass is 350 g/mol. The van der Waals surface area contributed by atoms with Gasteiger partial charge in [0.05, 0.1) is 0 Å². The van der Waals surface area contributed by atoms with Crippen molar-refractivity contribution in [1.29, 1.82) is 0 Å². The third kappa shape index (κ3) is 3.66. The fourth-order valence-corrected chi connectivity index (χ4v) is 4.23. The fraction of sp³-hybridized carbons (Fsp3) is 0.833. The summed E-state index contributed by atoms with van der Waals surface area (Å²) in [5.41, 5.74) is -0.693. The van der Waals surface area contributed by atoms with Crippen molar-refractivity contribution in [2.45, 2.75) is 64.0 Å². The Hall–Kier alpha value is -1.63. The summed E-state index contributed by atoms with van der Waals surface area (Å²) in [5, 5.41) is 2.90. The number of carbonyl (C=O) groups is 3. The molecule has 4 amide bonds. The summed E-state index contributed by atoms with van der Waals surface area (Å²) in [4.78, 5) is 42.9. The van der Waals surface area contributed by atoms with Crippen LogP contribution in [0.5, 0.6) is 0 Å². The number of urea groups is 1. The van der Waals surface area contributed by atoms with E-state index < -0.39 is 5.54 Å². The maximum atomic E-state index is 12.7. The standard InChI is InChI=1S/C18H30N4O3/c1-14(2)20-10-12-21(13-11-20)15(23)6-9-22-16(24)18(19-17(22)25)7-4-3-5-8-18/h14H,3-13H2,1-2H3,(H,19,25). The number of imide groups is 1. The highest BCUT2D eigenvalue weighted by Crippen LogP contribution is 2.33. The van der Waals surface area contributed by atoms with Gasteiger partial charge in [0.1, 0.15) is 5.54 Å². The summed E-state index contributed by atoms with van der Waals surface area (Å²) in [6.45, 7) is 7.73. The van der Waals surface area contributed by atoms with Gasteiger partial charge in [-0.2, -0.15) is 0 Å². The summed E-state index contributed by atoms with van der Waals surface area (Å²) < 4.78 is 0. The van der Waals surface area contributed by atoms with E-state index in [0.717, 1.165) is 58.3 Å². The first-order valence-electron chi connectivity index (χ1n) is 9.59. The summed E-state index contributed by atoms with van der Waals surface area (Å²) in [5.74, 6) is -0.0942.